The molecule has 0 unspecified atom stereocenters. The van der Waals surface area contributed by atoms with E-state index < -0.39 is 5.91 Å². The molecule has 0 radical (unpaired) electrons. The molecule has 0 saturated heterocycles. The van der Waals surface area contributed by atoms with E-state index in [1.54, 1.807) is 13.2 Å². The molecule has 0 fully saturated rings. The average molecular weight is 430 g/mol. The number of rotatable bonds is 7. The van der Waals surface area contributed by atoms with Gasteiger partial charge in [-0.3, -0.25) is 4.79 Å². The monoisotopic (exact) mass is 429 g/mol. The number of hydrogen-bond donors (Lipinski definition) is 1. The zero-order valence-corrected chi connectivity index (χ0v) is 19.5. The van der Waals surface area contributed by atoms with Gasteiger partial charge in [0.05, 0.1) is 12.6 Å². The first-order valence-corrected chi connectivity index (χ1v) is 10.9. The van der Waals surface area contributed by atoms with Crippen molar-refractivity contribution in [3.8, 4) is 11.8 Å². The molecule has 3 rings (SSSR count). The second-order valence-electron chi connectivity index (χ2n) is 8.58. The van der Waals surface area contributed by atoms with Crippen LogP contribution in [0.1, 0.15) is 50.8 Å². The Balaban J connectivity index is 1.97. The van der Waals surface area contributed by atoms with Crippen molar-refractivity contribution in [2.45, 2.75) is 46.2 Å². The van der Waals surface area contributed by atoms with Crippen molar-refractivity contribution in [1.29, 1.82) is 5.26 Å². The Labute approximate surface area is 191 Å². The predicted molar refractivity (Wildman–Crippen MR) is 130 cm³/mol. The molecule has 32 heavy (non-hydrogen) atoms. The molecule has 0 aliphatic carbocycles. The van der Waals surface area contributed by atoms with E-state index >= 15 is 0 Å². The number of methoxy groups -OCH3 is 1. The van der Waals surface area contributed by atoms with Gasteiger partial charge in [-0.05, 0) is 50.5 Å². The number of ether oxygens (including phenoxy) is 1. The fourth-order valence-electron chi connectivity index (χ4n) is 4.22. The second-order valence-corrected chi connectivity index (χ2v) is 8.58. The molecule has 0 saturated carbocycles. The van der Waals surface area contributed by atoms with Crippen molar-refractivity contribution in [3.63, 3.8) is 0 Å². The normalized spacial score (nSPS) is 14.8. The lowest BCUT2D eigenvalue weighted by atomic mass is 9.87. The van der Waals surface area contributed by atoms with Gasteiger partial charge in [-0.1, -0.05) is 43.3 Å². The summed E-state index contributed by atoms with van der Waals surface area (Å²) in [6.45, 7) is 9.97. The van der Waals surface area contributed by atoms with Gasteiger partial charge in [-0.25, -0.2) is 0 Å². The van der Waals surface area contributed by atoms with Crippen LogP contribution in [0.5, 0.6) is 5.75 Å². The fraction of sp³-hybridized carbons (Fsp3) is 0.333. The summed E-state index contributed by atoms with van der Waals surface area (Å²) in [6, 6.07) is 15.7. The lowest BCUT2D eigenvalue weighted by molar-refractivity contribution is -0.117. The predicted octanol–water partition coefficient (Wildman–Crippen LogP) is 5.33. The van der Waals surface area contributed by atoms with E-state index in [9.17, 15) is 10.1 Å². The topological polar surface area (TPSA) is 65.4 Å². The van der Waals surface area contributed by atoms with Gasteiger partial charge in [-0.2, -0.15) is 5.26 Å². The number of nitriles is 1. The van der Waals surface area contributed by atoms with Gasteiger partial charge in [0.2, 0.25) is 0 Å². The molecule has 5 nitrogen and oxygen atoms in total. The van der Waals surface area contributed by atoms with Crippen molar-refractivity contribution in [1.82, 2.24) is 5.32 Å². The lowest BCUT2D eigenvalue weighted by Crippen LogP contribution is -2.45. The minimum absolute atomic E-state index is 0.0439. The highest BCUT2D eigenvalue weighted by Crippen LogP contribution is 2.42. The van der Waals surface area contributed by atoms with Gasteiger partial charge in [0, 0.05) is 36.0 Å². The summed E-state index contributed by atoms with van der Waals surface area (Å²) in [5.41, 5.74) is 4.99. The lowest BCUT2D eigenvalue weighted by Gasteiger charge is -2.43. The van der Waals surface area contributed by atoms with Gasteiger partial charge >= 0.3 is 0 Å². The smallest absolute Gasteiger partial charge is 0.262 e. The minimum Gasteiger partial charge on any atom is -0.496 e. The molecule has 0 atom stereocenters. The van der Waals surface area contributed by atoms with E-state index in [2.05, 4.69) is 44.0 Å². The Morgan fingerprint density at radius 3 is 2.59 bits per heavy atom. The maximum atomic E-state index is 12.7. The zero-order valence-electron chi connectivity index (χ0n) is 19.5. The summed E-state index contributed by atoms with van der Waals surface area (Å²) in [5.74, 6) is 0.232. The van der Waals surface area contributed by atoms with E-state index in [1.807, 2.05) is 48.5 Å². The van der Waals surface area contributed by atoms with Crippen molar-refractivity contribution >= 4 is 23.2 Å². The molecule has 0 aromatic heterocycles. The average Bonchev–Trinajstić information content (AvgIpc) is 2.78. The van der Waals surface area contributed by atoms with Crippen LogP contribution in [0, 0.1) is 11.3 Å². The quantitative estimate of drug-likeness (QED) is 0.477. The SMILES string of the molecule is CCCN1c2cc(OC)c(/C=C(\C#N)C(=O)NCc3ccccc3)cc2C(C)=CC1(C)C. The van der Waals surface area contributed by atoms with Crippen LogP contribution < -0.4 is 15.0 Å². The van der Waals surface area contributed by atoms with Crippen LogP contribution in [-0.2, 0) is 11.3 Å². The van der Waals surface area contributed by atoms with Gasteiger partial charge < -0.3 is 15.0 Å². The number of fused-ring (bicyclic) bond motifs is 1. The highest BCUT2D eigenvalue weighted by molar-refractivity contribution is 6.02. The molecule has 1 heterocycles. The number of amides is 1. The van der Waals surface area contributed by atoms with Crippen molar-refractivity contribution in [2.75, 3.05) is 18.6 Å². The molecule has 1 amide bonds. The number of anilines is 1. The van der Waals surface area contributed by atoms with E-state index in [-0.39, 0.29) is 11.1 Å². The molecule has 5 heteroatoms. The highest BCUT2D eigenvalue weighted by atomic mass is 16.5. The summed E-state index contributed by atoms with van der Waals surface area (Å²) in [5, 5.41) is 12.5. The molecule has 1 aliphatic heterocycles. The van der Waals surface area contributed by atoms with Crippen molar-refractivity contribution in [2.24, 2.45) is 0 Å². The molecular weight excluding hydrogens is 398 g/mol. The molecule has 0 spiro atoms. The van der Waals surface area contributed by atoms with Crippen LogP contribution in [0.3, 0.4) is 0 Å². The first kappa shape index (κ1) is 23.1. The zero-order chi connectivity index (χ0) is 23.3. The van der Waals surface area contributed by atoms with Gasteiger partial charge in [0.1, 0.15) is 17.4 Å². The van der Waals surface area contributed by atoms with Crippen LogP contribution in [0.2, 0.25) is 0 Å². The van der Waals surface area contributed by atoms with Crippen LogP contribution in [0.4, 0.5) is 5.69 Å². The maximum Gasteiger partial charge on any atom is 0.262 e. The van der Waals surface area contributed by atoms with Gasteiger partial charge in [0.15, 0.2) is 0 Å². The number of allylic oxidation sites excluding steroid dienone is 1. The van der Waals surface area contributed by atoms with Gasteiger partial charge in [-0.15, -0.1) is 0 Å². The van der Waals surface area contributed by atoms with Gasteiger partial charge in [0.25, 0.3) is 5.91 Å². The van der Waals surface area contributed by atoms with Crippen molar-refractivity contribution in [3.05, 3.63) is 70.8 Å². The summed E-state index contributed by atoms with van der Waals surface area (Å²) in [4.78, 5) is 15.0. The molecule has 1 aliphatic rings. The van der Waals surface area contributed by atoms with Crippen LogP contribution in [0.25, 0.3) is 11.6 Å². The molecule has 2 aromatic rings. The Hall–Kier alpha value is -3.52. The second kappa shape index (κ2) is 9.74. The third-order valence-corrected chi connectivity index (χ3v) is 5.74. The van der Waals surface area contributed by atoms with E-state index in [0.29, 0.717) is 17.9 Å². The summed E-state index contributed by atoms with van der Waals surface area (Å²) >= 11 is 0. The third kappa shape index (κ3) is 4.86. The summed E-state index contributed by atoms with van der Waals surface area (Å²) < 4.78 is 5.66. The Morgan fingerprint density at radius 1 is 1.25 bits per heavy atom. The molecule has 0 bridgehead atoms. The summed E-state index contributed by atoms with van der Waals surface area (Å²) in [7, 11) is 1.61. The number of hydrogen-bond acceptors (Lipinski definition) is 4. The van der Waals surface area contributed by atoms with Crippen molar-refractivity contribution < 1.29 is 9.53 Å². The van der Waals surface area contributed by atoms with Crippen LogP contribution in [0.15, 0.2) is 54.1 Å². The standard InChI is InChI=1S/C27H31N3O2/c1-6-12-30-24-15-25(32-5)21(14-23(24)19(2)16-27(30,3)4)13-22(17-28)26(31)29-18-20-10-8-7-9-11-20/h7-11,13-16H,6,12,18H2,1-5H3,(H,29,31)/b22-13+. The maximum absolute atomic E-state index is 12.7. The fourth-order valence-corrected chi connectivity index (χ4v) is 4.22. The summed E-state index contributed by atoms with van der Waals surface area (Å²) in [6.07, 6.45) is 4.90. The third-order valence-electron chi connectivity index (χ3n) is 5.74. The van der Waals surface area contributed by atoms with Crippen LogP contribution >= 0.6 is 0 Å². The van der Waals surface area contributed by atoms with E-state index in [0.717, 1.165) is 29.8 Å². The number of carbonyl (C=O) groups is 1. The molecule has 166 valence electrons. The number of nitrogens with zero attached hydrogens (tertiary/aromatic N) is 2. The van der Waals surface area contributed by atoms with Crippen LogP contribution in [-0.4, -0.2) is 25.1 Å². The van der Waals surface area contributed by atoms with E-state index in [1.165, 1.54) is 5.57 Å². The first-order chi connectivity index (χ1) is 15.3. The first-order valence-electron chi connectivity index (χ1n) is 10.9. The van der Waals surface area contributed by atoms with E-state index in [4.69, 9.17) is 4.74 Å². The Kier molecular flexibility index (Phi) is 7.05. The molecule has 2 aromatic carbocycles. The Morgan fingerprint density at radius 2 is 1.97 bits per heavy atom. The Bertz CT molecular complexity index is 1090. The number of carbonyl (C=O) groups excluding carboxylic acids is 1. The molecule has 1 N–H and O–H groups in total. The minimum atomic E-state index is -0.405. The number of benzene rings is 2. The highest BCUT2D eigenvalue weighted by Gasteiger charge is 2.31. The number of nitrogens with one attached hydrogen (secondary N) is 1. The largest absolute Gasteiger partial charge is 0.496 e. The molecular formula is C27H31N3O2.